The van der Waals surface area contributed by atoms with E-state index in [1.54, 1.807) is 4.90 Å². The van der Waals surface area contributed by atoms with E-state index in [9.17, 15) is 4.79 Å². The Kier molecular flexibility index (Phi) is 5.50. The molecule has 1 saturated heterocycles. The molecule has 0 saturated carbocycles. The average molecular weight is 341 g/mol. The maximum atomic E-state index is 12.8. The van der Waals surface area contributed by atoms with Gasteiger partial charge in [-0.1, -0.05) is 30.3 Å². The molecule has 6 nitrogen and oxygen atoms in total. The van der Waals surface area contributed by atoms with Crippen LogP contribution in [0.15, 0.2) is 42.7 Å². The first-order valence-electron chi connectivity index (χ1n) is 8.75. The predicted octanol–water partition coefficient (Wildman–Crippen LogP) is 1.37. The zero-order chi connectivity index (χ0) is 17.8. The summed E-state index contributed by atoms with van der Waals surface area (Å²) in [5.41, 5.74) is 1.07. The zero-order valence-electron chi connectivity index (χ0n) is 15.3. The number of aromatic nitrogens is 2. The molecule has 6 heteroatoms. The molecule has 0 N–H and O–H groups in total. The zero-order valence-corrected chi connectivity index (χ0v) is 15.3. The molecule has 1 aliphatic rings. The lowest BCUT2D eigenvalue weighted by atomic mass is 10.0. The fourth-order valence-corrected chi connectivity index (χ4v) is 3.32. The topological polar surface area (TPSA) is 44.6 Å². The van der Waals surface area contributed by atoms with Crippen molar-refractivity contribution in [2.45, 2.75) is 12.6 Å². The maximum absolute atomic E-state index is 12.8. The average Bonchev–Trinajstić information content (AvgIpc) is 3.02. The standard InChI is InChI=1S/C19H27N5O/c1-21(2)19(25)18(16-7-5-4-6-8-16)24-13-11-23(12-14-24)15-17-20-9-10-22(17)3/h4-10,18H,11-15H2,1-3H3/t18-/m0/s1. The summed E-state index contributed by atoms with van der Waals surface area (Å²) in [7, 11) is 5.69. The SMILES string of the molecule is CN(C)C(=O)[C@H](c1ccccc1)N1CCN(Cc2nccn2C)CC1. The van der Waals surface area contributed by atoms with E-state index < -0.39 is 0 Å². The first kappa shape index (κ1) is 17.6. The maximum Gasteiger partial charge on any atom is 0.244 e. The Labute approximate surface area is 149 Å². The third-order valence-electron chi connectivity index (χ3n) is 4.85. The molecule has 1 atom stereocenters. The van der Waals surface area contributed by atoms with Crippen LogP contribution in [0.3, 0.4) is 0 Å². The number of rotatable bonds is 5. The Bertz CT molecular complexity index is 689. The molecule has 134 valence electrons. The largest absolute Gasteiger partial charge is 0.347 e. The summed E-state index contributed by atoms with van der Waals surface area (Å²) in [6, 6.07) is 9.89. The number of carbonyl (C=O) groups is 1. The minimum Gasteiger partial charge on any atom is -0.347 e. The summed E-state index contributed by atoms with van der Waals surface area (Å²) in [6.45, 7) is 4.50. The molecular weight excluding hydrogens is 314 g/mol. The van der Waals surface area contributed by atoms with Gasteiger partial charge in [0.25, 0.3) is 0 Å². The van der Waals surface area contributed by atoms with Crippen molar-refractivity contribution in [3.63, 3.8) is 0 Å². The van der Waals surface area contributed by atoms with Crippen molar-refractivity contribution in [3.05, 3.63) is 54.1 Å². The lowest BCUT2D eigenvalue weighted by molar-refractivity contribution is -0.135. The lowest BCUT2D eigenvalue weighted by Crippen LogP contribution is -2.50. The molecule has 2 aromatic rings. The number of carbonyl (C=O) groups excluding carboxylic acids is 1. The van der Waals surface area contributed by atoms with Gasteiger partial charge < -0.3 is 9.47 Å². The fourth-order valence-electron chi connectivity index (χ4n) is 3.32. The molecule has 0 spiro atoms. The van der Waals surface area contributed by atoms with Crippen molar-refractivity contribution in [1.82, 2.24) is 24.3 Å². The Balaban J connectivity index is 1.68. The van der Waals surface area contributed by atoms with Gasteiger partial charge in [0.05, 0.1) is 6.54 Å². The van der Waals surface area contributed by atoms with Gasteiger partial charge in [-0.25, -0.2) is 4.98 Å². The molecule has 1 fully saturated rings. The van der Waals surface area contributed by atoms with Crippen LogP contribution in [-0.2, 0) is 18.4 Å². The van der Waals surface area contributed by atoms with Gasteiger partial charge in [-0.3, -0.25) is 14.6 Å². The number of likely N-dealkylation sites (N-methyl/N-ethyl adjacent to an activating group) is 1. The highest BCUT2D eigenvalue weighted by atomic mass is 16.2. The number of amides is 1. The van der Waals surface area contributed by atoms with Crippen molar-refractivity contribution >= 4 is 5.91 Å². The fraction of sp³-hybridized carbons (Fsp3) is 0.474. The van der Waals surface area contributed by atoms with E-state index in [4.69, 9.17) is 0 Å². The molecule has 25 heavy (non-hydrogen) atoms. The van der Waals surface area contributed by atoms with Gasteiger partial charge in [-0.15, -0.1) is 0 Å². The van der Waals surface area contributed by atoms with E-state index in [1.807, 2.05) is 63.9 Å². The summed E-state index contributed by atoms with van der Waals surface area (Å²) < 4.78 is 2.06. The van der Waals surface area contributed by atoms with Crippen LogP contribution in [0, 0.1) is 0 Å². The molecule has 0 radical (unpaired) electrons. The molecular formula is C19H27N5O. The minimum atomic E-state index is -0.202. The molecule has 0 unspecified atom stereocenters. The van der Waals surface area contributed by atoms with E-state index in [0.29, 0.717) is 0 Å². The Morgan fingerprint density at radius 1 is 1.16 bits per heavy atom. The summed E-state index contributed by atoms with van der Waals surface area (Å²) in [4.78, 5) is 23.6. The van der Waals surface area contributed by atoms with Crippen LogP contribution in [0.1, 0.15) is 17.4 Å². The highest BCUT2D eigenvalue weighted by Crippen LogP contribution is 2.24. The van der Waals surface area contributed by atoms with Crippen LogP contribution < -0.4 is 0 Å². The van der Waals surface area contributed by atoms with E-state index >= 15 is 0 Å². The van der Waals surface area contributed by atoms with Crippen LogP contribution in [-0.4, -0.2) is 70.4 Å². The van der Waals surface area contributed by atoms with Crippen molar-refractivity contribution in [3.8, 4) is 0 Å². The van der Waals surface area contributed by atoms with Gasteiger partial charge in [0.1, 0.15) is 11.9 Å². The van der Waals surface area contributed by atoms with Crippen LogP contribution in [0.2, 0.25) is 0 Å². The van der Waals surface area contributed by atoms with Gasteiger partial charge in [-0.2, -0.15) is 0 Å². The Morgan fingerprint density at radius 3 is 2.40 bits per heavy atom. The lowest BCUT2D eigenvalue weighted by Gasteiger charge is -2.39. The molecule has 1 aromatic heterocycles. The van der Waals surface area contributed by atoms with E-state index in [1.165, 1.54) is 0 Å². The second kappa shape index (κ2) is 7.80. The van der Waals surface area contributed by atoms with Gasteiger partial charge >= 0.3 is 0 Å². The summed E-state index contributed by atoms with van der Waals surface area (Å²) in [5.74, 6) is 1.22. The van der Waals surface area contributed by atoms with Crippen molar-refractivity contribution in [2.24, 2.45) is 7.05 Å². The number of hydrogen-bond acceptors (Lipinski definition) is 4. The van der Waals surface area contributed by atoms with Crippen LogP contribution in [0.25, 0.3) is 0 Å². The Hall–Kier alpha value is -2.18. The number of piperazine rings is 1. The van der Waals surface area contributed by atoms with E-state index in [-0.39, 0.29) is 11.9 Å². The monoisotopic (exact) mass is 341 g/mol. The van der Waals surface area contributed by atoms with Crippen LogP contribution >= 0.6 is 0 Å². The third-order valence-corrected chi connectivity index (χ3v) is 4.85. The first-order chi connectivity index (χ1) is 12.1. The minimum absolute atomic E-state index is 0.142. The van der Waals surface area contributed by atoms with Gasteiger partial charge in [0.2, 0.25) is 5.91 Å². The highest BCUT2D eigenvalue weighted by Gasteiger charge is 2.31. The molecule has 1 amide bonds. The number of aryl methyl sites for hydroxylation is 1. The van der Waals surface area contributed by atoms with Crippen LogP contribution in [0.5, 0.6) is 0 Å². The number of hydrogen-bond donors (Lipinski definition) is 0. The van der Waals surface area contributed by atoms with Crippen LogP contribution in [0.4, 0.5) is 0 Å². The van der Waals surface area contributed by atoms with Crippen molar-refractivity contribution in [1.29, 1.82) is 0 Å². The Morgan fingerprint density at radius 2 is 1.84 bits per heavy atom. The second-order valence-corrected chi connectivity index (χ2v) is 6.81. The smallest absolute Gasteiger partial charge is 0.244 e. The van der Waals surface area contributed by atoms with Gasteiger partial charge in [-0.05, 0) is 5.56 Å². The molecule has 3 rings (SSSR count). The quantitative estimate of drug-likeness (QED) is 0.824. The highest BCUT2D eigenvalue weighted by molar-refractivity contribution is 5.82. The number of nitrogens with zero attached hydrogens (tertiary/aromatic N) is 5. The normalized spacial score (nSPS) is 17.4. The van der Waals surface area contributed by atoms with Crippen molar-refractivity contribution < 1.29 is 4.79 Å². The predicted molar refractivity (Wildman–Crippen MR) is 97.9 cm³/mol. The summed E-state index contributed by atoms with van der Waals surface area (Å²) in [6.07, 6.45) is 3.82. The number of benzene rings is 1. The molecule has 2 heterocycles. The number of imidazole rings is 1. The second-order valence-electron chi connectivity index (χ2n) is 6.81. The van der Waals surface area contributed by atoms with Crippen molar-refractivity contribution in [2.75, 3.05) is 40.3 Å². The molecule has 1 aromatic carbocycles. The van der Waals surface area contributed by atoms with E-state index in [0.717, 1.165) is 44.1 Å². The summed E-state index contributed by atoms with van der Waals surface area (Å²) >= 11 is 0. The third kappa shape index (κ3) is 4.08. The molecule has 0 bridgehead atoms. The molecule has 0 aliphatic carbocycles. The van der Waals surface area contributed by atoms with Gasteiger partial charge in [0, 0.05) is 59.7 Å². The molecule has 1 aliphatic heterocycles. The first-order valence-corrected chi connectivity index (χ1v) is 8.75. The summed E-state index contributed by atoms with van der Waals surface area (Å²) in [5, 5.41) is 0. The van der Waals surface area contributed by atoms with Gasteiger partial charge in [0.15, 0.2) is 0 Å². The van der Waals surface area contributed by atoms with E-state index in [2.05, 4.69) is 19.4 Å².